The zero-order chi connectivity index (χ0) is 38.5. The number of anilines is 2. The molecule has 0 bridgehead atoms. The van der Waals surface area contributed by atoms with Crippen molar-refractivity contribution in [3.8, 4) is 0 Å². The van der Waals surface area contributed by atoms with Crippen LogP contribution in [0, 0.1) is 41.5 Å². The van der Waals surface area contributed by atoms with Crippen molar-refractivity contribution in [2.24, 2.45) is 0 Å². The number of hydrogen-bond donors (Lipinski definition) is 0. The maximum absolute atomic E-state index is 7.66. The molecule has 0 radical (unpaired) electrons. The molecular weight excluding hydrogens is 854 g/mol. The van der Waals surface area contributed by atoms with Crippen LogP contribution in [-0.4, -0.2) is 17.0 Å². The third-order valence-corrected chi connectivity index (χ3v) is 16.8. The van der Waals surface area contributed by atoms with E-state index < -0.39 is 0 Å². The monoisotopic (exact) mass is 910 g/mol. The summed E-state index contributed by atoms with van der Waals surface area (Å²) in [4.78, 5) is 4.77. The summed E-state index contributed by atoms with van der Waals surface area (Å²) in [6, 6.07) is 20.3. The Morgan fingerprint density at radius 1 is 0.611 bits per heavy atom. The first-order chi connectivity index (χ1) is 26.0. The Morgan fingerprint density at radius 2 is 1.04 bits per heavy atom. The Bertz CT molecular complexity index is 1740. The van der Waals surface area contributed by atoms with Crippen molar-refractivity contribution in [2.75, 3.05) is 9.80 Å². The van der Waals surface area contributed by atoms with Crippen molar-refractivity contribution in [3.63, 3.8) is 0 Å². The molecule has 3 aliphatic carbocycles. The molecule has 8 heteroatoms. The van der Waals surface area contributed by atoms with Gasteiger partial charge in [-0.3, -0.25) is 9.80 Å². The minimum absolute atomic E-state index is 0.274. The predicted octanol–water partition coefficient (Wildman–Crippen LogP) is 15.8. The summed E-state index contributed by atoms with van der Waals surface area (Å²) in [6.45, 7) is 13.4. The van der Waals surface area contributed by atoms with Gasteiger partial charge in [-0.15, -0.1) is 0 Å². The third kappa shape index (κ3) is 9.19. The van der Waals surface area contributed by atoms with Crippen LogP contribution < -0.4 is 9.80 Å². The molecule has 3 fully saturated rings. The third-order valence-electron chi connectivity index (χ3n) is 12.0. The molecule has 292 valence electrons. The van der Waals surface area contributed by atoms with Crippen LogP contribution in [0.5, 0.6) is 0 Å². The fourth-order valence-electron chi connectivity index (χ4n) is 10.2. The summed E-state index contributed by atoms with van der Waals surface area (Å²) >= 11 is 15.0. The Balaban J connectivity index is 0.00000160. The van der Waals surface area contributed by atoms with Crippen LogP contribution in [0.4, 0.5) is 11.4 Å². The van der Waals surface area contributed by atoms with Crippen molar-refractivity contribution in [1.82, 2.24) is 0 Å². The Kier molecular flexibility index (Phi) is 15.2. The Labute approximate surface area is 353 Å². The molecule has 0 spiro atoms. The van der Waals surface area contributed by atoms with Gasteiger partial charge in [-0.1, -0.05) is 141 Å². The van der Waals surface area contributed by atoms with E-state index in [1.54, 1.807) is 0 Å². The first kappa shape index (κ1) is 42.3. The van der Waals surface area contributed by atoms with Crippen molar-refractivity contribution < 1.29 is 15.1 Å². The number of benzene rings is 3. The number of halogens is 4. The molecule has 7 rings (SSSR count). The SMILES string of the molecule is Cc1cc(C)c(N2C(Cl)=C(Cl)N(c3c(C)cc(C)cc3C)C2=C2C(=Cc3ccccc3)CCCC2P(C2CCCCC2)C2CCCCC2)c(C)c1.[Cl][Ru][Cl]. The molecule has 1 aliphatic heterocycles. The van der Waals surface area contributed by atoms with Crippen LogP contribution in [0.15, 0.2) is 81.9 Å². The molecule has 0 amide bonds. The molecule has 3 aromatic carbocycles. The Hall–Kier alpha value is -1.31. The number of aryl methyl sites for hydroxylation is 6. The molecule has 54 heavy (non-hydrogen) atoms. The second-order valence-corrected chi connectivity index (χ2v) is 22.4. The standard InChI is InChI=1S/C46H57Cl2N2P.2ClH.Ru/c1-30-25-32(3)42(33(4)26-30)49-44(47)45(48)50(43-34(5)27-31(2)28-35(43)6)46(49)41-37(29-36-17-10-7-11-18-36)19-16-24-40(41)51(38-20-12-8-13-21-38)39-22-14-9-15-23-39;;;/h7,10-11,17-18,25-29,38-40H,8-9,12-16,19-24H2,1-6H3;2*1H;/q;;;+2/p-2. The van der Waals surface area contributed by atoms with Crippen molar-refractivity contribution in [3.05, 3.63) is 121 Å². The van der Waals surface area contributed by atoms with Gasteiger partial charge in [0.1, 0.15) is 5.82 Å². The number of hydrogen-bond acceptors (Lipinski definition) is 2. The van der Waals surface area contributed by atoms with Crippen molar-refractivity contribution in [2.45, 2.75) is 142 Å². The van der Waals surface area contributed by atoms with Gasteiger partial charge in [0.2, 0.25) is 0 Å². The zero-order valence-electron chi connectivity index (χ0n) is 32.9. The molecule has 1 atom stereocenters. The van der Waals surface area contributed by atoms with E-state index in [0.717, 1.165) is 17.7 Å². The van der Waals surface area contributed by atoms with Gasteiger partial charge in [0, 0.05) is 11.2 Å². The number of allylic oxidation sites excluding steroid dienone is 2. The van der Waals surface area contributed by atoms with Crippen LogP contribution in [0.2, 0.25) is 0 Å². The molecule has 1 heterocycles. The van der Waals surface area contributed by atoms with E-state index >= 15 is 0 Å². The fourth-order valence-corrected chi connectivity index (χ4v) is 15.3. The summed E-state index contributed by atoms with van der Waals surface area (Å²) in [5.41, 5.74) is 16.2. The van der Waals surface area contributed by atoms with E-state index in [0.29, 0.717) is 16.0 Å². The second-order valence-electron chi connectivity index (χ2n) is 16.1. The molecular formula is C46H57Cl4N2PRu. The normalized spacial score (nSPS) is 21.1. The van der Waals surface area contributed by atoms with E-state index in [4.69, 9.17) is 42.6 Å². The van der Waals surface area contributed by atoms with Gasteiger partial charge >= 0.3 is 34.5 Å². The minimum atomic E-state index is -0.346. The van der Waals surface area contributed by atoms with E-state index in [-0.39, 0.29) is 23.1 Å². The van der Waals surface area contributed by atoms with Gasteiger partial charge in [-0.25, -0.2) is 0 Å². The maximum atomic E-state index is 7.66. The van der Waals surface area contributed by atoms with Gasteiger partial charge in [0.05, 0.1) is 11.4 Å². The first-order valence-electron chi connectivity index (χ1n) is 20.0. The number of rotatable bonds is 6. The summed E-state index contributed by atoms with van der Waals surface area (Å²) in [7, 11) is 9.43. The first-order valence-corrected chi connectivity index (χ1v) is 26.8. The van der Waals surface area contributed by atoms with Crippen LogP contribution >= 0.6 is 50.5 Å². The van der Waals surface area contributed by atoms with E-state index in [1.807, 2.05) is 0 Å². The quantitative estimate of drug-likeness (QED) is 0.138. The number of nitrogens with zero attached hydrogens (tertiary/aromatic N) is 2. The van der Waals surface area contributed by atoms with Crippen LogP contribution in [0.25, 0.3) is 6.08 Å². The van der Waals surface area contributed by atoms with Crippen molar-refractivity contribution >= 4 is 68.0 Å². The second kappa shape index (κ2) is 19.4. The van der Waals surface area contributed by atoms with Crippen LogP contribution in [0.1, 0.15) is 122 Å². The molecule has 2 nitrogen and oxygen atoms in total. The van der Waals surface area contributed by atoms with Gasteiger partial charge < -0.3 is 0 Å². The topological polar surface area (TPSA) is 6.48 Å². The van der Waals surface area contributed by atoms with Gasteiger partial charge in [0.25, 0.3) is 0 Å². The molecule has 0 aromatic heterocycles. The van der Waals surface area contributed by atoms with E-state index in [9.17, 15) is 0 Å². The molecule has 0 N–H and O–H groups in total. The van der Waals surface area contributed by atoms with Gasteiger partial charge in [-0.05, 0) is 131 Å². The average molecular weight is 912 g/mol. The molecule has 0 saturated heterocycles. The summed E-state index contributed by atoms with van der Waals surface area (Å²) in [5.74, 6) is 1.18. The van der Waals surface area contributed by atoms with Crippen LogP contribution in [0.3, 0.4) is 0 Å². The zero-order valence-corrected chi connectivity index (χ0v) is 38.6. The predicted molar refractivity (Wildman–Crippen MR) is 236 cm³/mol. The summed E-state index contributed by atoms with van der Waals surface area (Å²) < 4.78 is 0. The van der Waals surface area contributed by atoms with Crippen molar-refractivity contribution in [1.29, 1.82) is 0 Å². The van der Waals surface area contributed by atoms with E-state index in [2.05, 4.69) is 112 Å². The Morgan fingerprint density at radius 3 is 1.46 bits per heavy atom. The van der Waals surface area contributed by atoms with Crippen LogP contribution in [-0.2, 0) is 15.1 Å². The fraction of sp³-hybridized carbons (Fsp3) is 0.478. The molecule has 1 unspecified atom stereocenters. The average Bonchev–Trinajstić information content (AvgIpc) is 3.38. The summed E-state index contributed by atoms with van der Waals surface area (Å²) in [5, 5.41) is 1.22. The van der Waals surface area contributed by atoms with Gasteiger partial charge in [0.15, 0.2) is 10.3 Å². The van der Waals surface area contributed by atoms with E-state index in [1.165, 1.54) is 144 Å². The van der Waals surface area contributed by atoms with Gasteiger partial charge in [-0.2, -0.15) is 0 Å². The summed E-state index contributed by atoms with van der Waals surface area (Å²) in [6.07, 6.45) is 20.0. The molecule has 3 saturated carbocycles. The molecule has 3 aromatic rings. The molecule has 4 aliphatic rings.